The van der Waals surface area contributed by atoms with Crippen LogP contribution < -0.4 is 15.1 Å². The molecule has 1 amide bonds. The molecule has 8 nitrogen and oxygen atoms in total. The van der Waals surface area contributed by atoms with Gasteiger partial charge in [0.2, 0.25) is 0 Å². The van der Waals surface area contributed by atoms with Crippen LogP contribution in [0.3, 0.4) is 0 Å². The van der Waals surface area contributed by atoms with Crippen LogP contribution in [0.5, 0.6) is 0 Å². The van der Waals surface area contributed by atoms with E-state index in [0.29, 0.717) is 33.2 Å². The van der Waals surface area contributed by atoms with Crippen molar-refractivity contribution in [3.63, 3.8) is 0 Å². The van der Waals surface area contributed by atoms with E-state index in [4.69, 9.17) is 9.07 Å². The van der Waals surface area contributed by atoms with Gasteiger partial charge < -0.3 is 24.0 Å². The third-order valence-corrected chi connectivity index (χ3v) is 7.75. The number of benzene rings is 3. The SMILES string of the molecule is CNC(=O)c1c(-c2ccc(F)cc2)oc2cc(N(Cc3ccc4c(c3)COB4O)S(=O)[O-])c(C3CC3)cc12. The molecule has 1 fully saturated rings. The van der Waals surface area contributed by atoms with Crippen molar-refractivity contribution in [2.75, 3.05) is 11.4 Å². The summed E-state index contributed by atoms with van der Waals surface area (Å²) >= 11 is -2.61. The Bertz CT molecular complexity index is 1590. The Morgan fingerprint density at radius 1 is 1.21 bits per heavy atom. The number of hydrogen-bond acceptors (Lipinski definition) is 6. The molecule has 1 saturated carbocycles. The van der Waals surface area contributed by atoms with Gasteiger partial charge in [0.25, 0.3) is 5.91 Å². The Kier molecular flexibility index (Phi) is 6.31. The maximum atomic E-state index is 13.6. The fourth-order valence-corrected chi connectivity index (χ4v) is 5.58. The number of carbonyl (C=O) groups is 1. The number of nitrogens with one attached hydrogen (secondary N) is 1. The van der Waals surface area contributed by atoms with Crippen molar-refractivity contribution in [1.82, 2.24) is 5.32 Å². The lowest BCUT2D eigenvalue weighted by atomic mass is 9.79. The van der Waals surface area contributed by atoms with E-state index in [1.807, 2.05) is 12.1 Å². The van der Waals surface area contributed by atoms with E-state index in [-0.39, 0.29) is 30.7 Å². The molecule has 2 N–H and O–H groups in total. The van der Waals surface area contributed by atoms with Gasteiger partial charge in [-0.2, -0.15) is 0 Å². The number of anilines is 1. The van der Waals surface area contributed by atoms with Crippen molar-refractivity contribution in [1.29, 1.82) is 0 Å². The number of hydrogen-bond donors (Lipinski definition) is 2. The summed E-state index contributed by atoms with van der Waals surface area (Å²) < 4.78 is 51.3. The van der Waals surface area contributed by atoms with Gasteiger partial charge in [0.1, 0.15) is 17.2 Å². The molecule has 2 heterocycles. The zero-order valence-electron chi connectivity index (χ0n) is 20.4. The molecule has 1 atom stereocenters. The number of nitrogens with zero attached hydrogens (tertiary/aromatic N) is 1. The zero-order valence-corrected chi connectivity index (χ0v) is 21.2. The largest absolute Gasteiger partial charge is 0.755 e. The maximum Gasteiger partial charge on any atom is 0.491 e. The highest BCUT2D eigenvalue weighted by molar-refractivity contribution is 7.80. The predicted octanol–water partition coefficient (Wildman–Crippen LogP) is 3.49. The van der Waals surface area contributed by atoms with E-state index in [1.165, 1.54) is 35.6 Å². The first-order valence-corrected chi connectivity index (χ1v) is 13.2. The van der Waals surface area contributed by atoms with Gasteiger partial charge in [-0.15, -0.1) is 0 Å². The molecule has 1 aliphatic heterocycles. The average Bonchev–Trinajstić information content (AvgIpc) is 3.60. The summed E-state index contributed by atoms with van der Waals surface area (Å²) in [5, 5.41) is 13.1. The fourth-order valence-electron chi connectivity index (χ4n) is 5.01. The molecule has 11 heteroatoms. The monoisotopic (exact) mass is 533 g/mol. The summed E-state index contributed by atoms with van der Waals surface area (Å²) in [5.74, 6) is -0.328. The molecule has 1 aliphatic carbocycles. The van der Waals surface area contributed by atoms with Crippen LogP contribution >= 0.6 is 0 Å². The minimum Gasteiger partial charge on any atom is -0.755 e. The molecule has 38 heavy (non-hydrogen) atoms. The molecular formula is C27H23BFN2O6S-. The number of furan rings is 1. The summed E-state index contributed by atoms with van der Waals surface area (Å²) in [6, 6.07) is 14.5. The van der Waals surface area contributed by atoms with Crippen LogP contribution in [0.2, 0.25) is 0 Å². The van der Waals surface area contributed by atoms with Crippen LogP contribution in [0.25, 0.3) is 22.3 Å². The van der Waals surface area contributed by atoms with Crippen molar-refractivity contribution in [3.05, 3.63) is 82.7 Å². The van der Waals surface area contributed by atoms with E-state index < -0.39 is 24.2 Å². The van der Waals surface area contributed by atoms with E-state index in [1.54, 1.807) is 18.2 Å². The van der Waals surface area contributed by atoms with Crippen LogP contribution in [-0.2, 0) is 29.1 Å². The molecule has 0 saturated heterocycles. The Morgan fingerprint density at radius 2 is 1.97 bits per heavy atom. The molecule has 3 aromatic carbocycles. The second-order valence-corrected chi connectivity index (χ2v) is 10.4. The van der Waals surface area contributed by atoms with Gasteiger partial charge in [0, 0.05) is 35.3 Å². The summed E-state index contributed by atoms with van der Waals surface area (Å²) in [6.45, 7) is 0.323. The quantitative estimate of drug-likeness (QED) is 0.278. The molecule has 4 aromatic rings. The van der Waals surface area contributed by atoms with Crippen molar-refractivity contribution in [2.45, 2.75) is 31.9 Å². The van der Waals surface area contributed by atoms with Crippen molar-refractivity contribution in [3.8, 4) is 11.3 Å². The fraction of sp³-hybridized carbons (Fsp3) is 0.222. The molecular weight excluding hydrogens is 510 g/mol. The molecule has 1 aromatic heterocycles. The first-order chi connectivity index (χ1) is 18.3. The van der Waals surface area contributed by atoms with Crippen LogP contribution in [0.1, 0.15) is 45.8 Å². The summed E-state index contributed by atoms with van der Waals surface area (Å²) in [6.07, 6.45) is 1.81. The zero-order chi connectivity index (χ0) is 26.6. The smallest absolute Gasteiger partial charge is 0.491 e. The van der Waals surface area contributed by atoms with Gasteiger partial charge in [-0.05, 0) is 71.2 Å². The lowest BCUT2D eigenvalue weighted by Gasteiger charge is -2.29. The van der Waals surface area contributed by atoms with Gasteiger partial charge in [0.05, 0.1) is 24.4 Å². The first kappa shape index (κ1) is 24.8. The average molecular weight is 533 g/mol. The van der Waals surface area contributed by atoms with E-state index in [9.17, 15) is 23.0 Å². The number of amides is 1. The minimum absolute atomic E-state index is 0.0680. The van der Waals surface area contributed by atoms with Crippen molar-refractivity contribution in [2.24, 2.45) is 0 Å². The lowest BCUT2D eigenvalue weighted by molar-refractivity contribution is 0.0964. The highest BCUT2D eigenvalue weighted by Crippen LogP contribution is 2.48. The van der Waals surface area contributed by atoms with Gasteiger partial charge in [-0.25, -0.2) is 4.39 Å². The normalized spacial score (nSPS) is 15.5. The Balaban J connectivity index is 1.48. The second kappa shape index (κ2) is 9.66. The highest BCUT2D eigenvalue weighted by Gasteiger charge is 2.32. The Morgan fingerprint density at radius 3 is 2.66 bits per heavy atom. The molecule has 0 radical (unpaired) electrons. The lowest BCUT2D eigenvalue weighted by Crippen LogP contribution is -2.29. The third kappa shape index (κ3) is 4.41. The number of halogens is 1. The van der Waals surface area contributed by atoms with Crippen molar-refractivity contribution >= 4 is 46.4 Å². The summed E-state index contributed by atoms with van der Waals surface area (Å²) in [4.78, 5) is 12.9. The van der Waals surface area contributed by atoms with Crippen LogP contribution in [0.4, 0.5) is 10.1 Å². The third-order valence-electron chi connectivity index (χ3n) is 7.06. The number of rotatable bonds is 7. The van der Waals surface area contributed by atoms with Gasteiger partial charge >= 0.3 is 7.12 Å². The summed E-state index contributed by atoms with van der Waals surface area (Å²) in [7, 11) is 0.547. The summed E-state index contributed by atoms with van der Waals surface area (Å²) in [5.41, 5.74) is 4.72. The molecule has 0 bridgehead atoms. The van der Waals surface area contributed by atoms with E-state index >= 15 is 0 Å². The first-order valence-electron chi connectivity index (χ1n) is 12.2. The highest BCUT2D eigenvalue weighted by atomic mass is 32.2. The second-order valence-electron chi connectivity index (χ2n) is 9.52. The molecule has 0 spiro atoms. The van der Waals surface area contributed by atoms with Gasteiger partial charge in [-0.1, -0.05) is 18.2 Å². The molecule has 2 aliphatic rings. The topological polar surface area (TPSA) is 115 Å². The van der Waals surface area contributed by atoms with Crippen LogP contribution in [-0.4, -0.2) is 33.9 Å². The van der Waals surface area contributed by atoms with Crippen LogP contribution in [0.15, 0.2) is 59.0 Å². The molecule has 1 unspecified atom stereocenters. The minimum atomic E-state index is -2.61. The van der Waals surface area contributed by atoms with E-state index in [0.717, 1.165) is 29.5 Å². The number of fused-ring (bicyclic) bond motifs is 2. The molecule has 194 valence electrons. The van der Waals surface area contributed by atoms with Gasteiger partial charge in [0.15, 0.2) is 0 Å². The Labute approximate surface area is 221 Å². The molecule has 6 rings (SSSR count). The van der Waals surface area contributed by atoms with E-state index in [2.05, 4.69) is 5.32 Å². The number of carbonyl (C=O) groups excluding carboxylic acids is 1. The van der Waals surface area contributed by atoms with Gasteiger partial charge in [-0.3, -0.25) is 13.3 Å². The van der Waals surface area contributed by atoms with Crippen LogP contribution in [0, 0.1) is 5.82 Å². The standard InChI is InChI=1S/C27H24BFN2O6S/c1-30-27(32)25-21-11-20(16-3-4-16)23(12-24(21)37-26(25)17-5-7-19(29)8-6-17)31(38(34)35)13-15-2-9-22-18(10-15)14-36-28(22)33/h2,5-12,16,33H,3-4,13-14H2,1H3,(H,30,32)(H,34,35)/p-1. The predicted molar refractivity (Wildman–Crippen MR) is 141 cm³/mol. The Hall–Kier alpha value is -3.51. The van der Waals surface area contributed by atoms with Crippen molar-refractivity contribution < 1.29 is 32.0 Å². The maximum absolute atomic E-state index is 13.6.